The molecule has 2 N–H and O–H groups in total. The first-order valence-electron chi connectivity index (χ1n) is 7.85. The standard InChI is InChI=1S/C17H27N3O/c1-13(2)10-18-11-14-6-4-5-7-16(14)20(3)12-17(21)19-15-8-9-15/h4-7,13,15,18H,8-12H2,1-3H3,(H,19,21). The van der Waals surface area contributed by atoms with Crippen molar-refractivity contribution >= 4 is 11.6 Å². The highest BCUT2D eigenvalue weighted by atomic mass is 16.2. The summed E-state index contributed by atoms with van der Waals surface area (Å²) in [6, 6.07) is 8.70. The second-order valence-corrected chi connectivity index (χ2v) is 6.35. The third-order valence-electron chi connectivity index (χ3n) is 3.59. The molecule has 2 rings (SSSR count). The summed E-state index contributed by atoms with van der Waals surface area (Å²) < 4.78 is 0. The summed E-state index contributed by atoms with van der Waals surface area (Å²) in [5.74, 6) is 0.754. The van der Waals surface area contributed by atoms with Gasteiger partial charge in [-0.05, 0) is 36.9 Å². The number of para-hydroxylation sites is 1. The van der Waals surface area contributed by atoms with Crippen molar-refractivity contribution in [2.24, 2.45) is 5.92 Å². The Hall–Kier alpha value is -1.55. The highest BCUT2D eigenvalue weighted by molar-refractivity contribution is 5.82. The quantitative estimate of drug-likeness (QED) is 0.771. The molecule has 0 radical (unpaired) electrons. The summed E-state index contributed by atoms with van der Waals surface area (Å²) >= 11 is 0. The van der Waals surface area contributed by atoms with Gasteiger partial charge in [0.05, 0.1) is 6.54 Å². The molecule has 4 heteroatoms. The first kappa shape index (κ1) is 15.8. The molecule has 1 aromatic carbocycles. The number of rotatable bonds is 8. The Kier molecular flexibility index (Phi) is 5.62. The minimum Gasteiger partial charge on any atom is -0.365 e. The van der Waals surface area contributed by atoms with Gasteiger partial charge in [-0.2, -0.15) is 0 Å². The fraction of sp³-hybridized carbons (Fsp3) is 0.588. The van der Waals surface area contributed by atoms with E-state index < -0.39 is 0 Å². The van der Waals surface area contributed by atoms with E-state index in [1.54, 1.807) is 0 Å². The van der Waals surface area contributed by atoms with Crippen LogP contribution in [0.15, 0.2) is 24.3 Å². The molecule has 21 heavy (non-hydrogen) atoms. The van der Waals surface area contributed by atoms with Crippen LogP contribution in [-0.2, 0) is 11.3 Å². The second-order valence-electron chi connectivity index (χ2n) is 6.35. The predicted molar refractivity (Wildman–Crippen MR) is 87.4 cm³/mol. The Morgan fingerprint density at radius 1 is 1.33 bits per heavy atom. The van der Waals surface area contributed by atoms with E-state index >= 15 is 0 Å². The molecular formula is C17H27N3O. The van der Waals surface area contributed by atoms with Crippen LogP contribution in [0.25, 0.3) is 0 Å². The summed E-state index contributed by atoms with van der Waals surface area (Å²) in [4.78, 5) is 14.0. The molecule has 1 aliphatic carbocycles. The average Bonchev–Trinajstić information content (AvgIpc) is 3.22. The smallest absolute Gasteiger partial charge is 0.239 e. The predicted octanol–water partition coefficient (Wildman–Crippen LogP) is 2.15. The van der Waals surface area contributed by atoms with E-state index in [0.717, 1.165) is 31.6 Å². The first-order chi connectivity index (χ1) is 10.1. The number of nitrogens with zero attached hydrogens (tertiary/aromatic N) is 1. The summed E-state index contributed by atoms with van der Waals surface area (Å²) in [7, 11) is 1.98. The van der Waals surface area contributed by atoms with Crippen molar-refractivity contribution < 1.29 is 4.79 Å². The molecule has 1 fully saturated rings. The van der Waals surface area contributed by atoms with Crippen molar-refractivity contribution in [2.45, 2.75) is 39.3 Å². The number of hydrogen-bond donors (Lipinski definition) is 2. The van der Waals surface area contributed by atoms with E-state index in [4.69, 9.17) is 0 Å². The van der Waals surface area contributed by atoms with Crippen LogP contribution in [0.5, 0.6) is 0 Å². The van der Waals surface area contributed by atoms with E-state index in [1.807, 2.05) is 24.1 Å². The number of anilines is 1. The number of carbonyl (C=O) groups excluding carboxylic acids is 1. The Bertz CT molecular complexity index is 469. The fourth-order valence-corrected chi connectivity index (χ4v) is 2.33. The van der Waals surface area contributed by atoms with Gasteiger partial charge in [0.15, 0.2) is 0 Å². The number of benzene rings is 1. The van der Waals surface area contributed by atoms with Crippen molar-refractivity contribution in [3.63, 3.8) is 0 Å². The van der Waals surface area contributed by atoms with E-state index in [9.17, 15) is 4.79 Å². The molecule has 1 aromatic rings. The molecular weight excluding hydrogens is 262 g/mol. The van der Waals surface area contributed by atoms with Gasteiger partial charge in [0.1, 0.15) is 0 Å². The van der Waals surface area contributed by atoms with Crippen molar-refractivity contribution in [3.8, 4) is 0 Å². The van der Waals surface area contributed by atoms with Gasteiger partial charge in [0.2, 0.25) is 5.91 Å². The maximum Gasteiger partial charge on any atom is 0.239 e. The molecule has 0 aliphatic heterocycles. The van der Waals surface area contributed by atoms with Crippen LogP contribution < -0.4 is 15.5 Å². The molecule has 0 heterocycles. The maximum atomic E-state index is 11.9. The topological polar surface area (TPSA) is 44.4 Å². The summed E-state index contributed by atoms with van der Waals surface area (Å²) in [5.41, 5.74) is 2.36. The van der Waals surface area contributed by atoms with E-state index in [2.05, 4.69) is 36.6 Å². The molecule has 0 atom stereocenters. The minimum absolute atomic E-state index is 0.116. The van der Waals surface area contributed by atoms with Crippen molar-refractivity contribution in [1.82, 2.24) is 10.6 Å². The van der Waals surface area contributed by atoms with Crippen LogP contribution in [0.4, 0.5) is 5.69 Å². The summed E-state index contributed by atoms with van der Waals surface area (Å²) in [5, 5.41) is 6.50. The number of likely N-dealkylation sites (N-methyl/N-ethyl adjacent to an activating group) is 1. The highest BCUT2D eigenvalue weighted by Gasteiger charge is 2.23. The second kappa shape index (κ2) is 7.46. The van der Waals surface area contributed by atoms with Gasteiger partial charge >= 0.3 is 0 Å². The third kappa shape index (κ3) is 5.38. The van der Waals surface area contributed by atoms with Crippen LogP contribution in [0, 0.1) is 5.92 Å². The summed E-state index contributed by atoms with van der Waals surface area (Å²) in [6.07, 6.45) is 2.26. The monoisotopic (exact) mass is 289 g/mol. The fourth-order valence-electron chi connectivity index (χ4n) is 2.33. The van der Waals surface area contributed by atoms with Crippen LogP contribution in [0.2, 0.25) is 0 Å². The lowest BCUT2D eigenvalue weighted by atomic mass is 10.1. The largest absolute Gasteiger partial charge is 0.365 e. The number of nitrogens with one attached hydrogen (secondary N) is 2. The van der Waals surface area contributed by atoms with Gasteiger partial charge in [-0.25, -0.2) is 0 Å². The van der Waals surface area contributed by atoms with E-state index in [0.29, 0.717) is 18.5 Å². The molecule has 1 aliphatic rings. The van der Waals surface area contributed by atoms with Crippen molar-refractivity contribution in [2.75, 3.05) is 25.0 Å². The molecule has 1 amide bonds. The lowest BCUT2D eigenvalue weighted by molar-refractivity contribution is -0.119. The van der Waals surface area contributed by atoms with Crippen LogP contribution >= 0.6 is 0 Å². The van der Waals surface area contributed by atoms with Gasteiger partial charge in [0.25, 0.3) is 0 Å². The Balaban J connectivity index is 1.91. The Morgan fingerprint density at radius 3 is 2.71 bits per heavy atom. The summed E-state index contributed by atoms with van der Waals surface area (Å²) in [6.45, 7) is 6.65. The lowest BCUT2D eigenvalue weighted by Gasteiger charge is -2.22. The van der Waals surface area contributed by atoms with Crippen LogP contribution in [0.1, 0.15) is 32.3 Å². The van der Waals surface area contributed by atoms with Gasteiger partial charge < -0.3 is 15.5 Å². The van der Waals surface area contributed by atoms with E-state index in [1.165, 1.54) is 5.56 Å². The zero-order valence-corrected chi connectivity index (χ0v) is 13.4. The molecule has 0 aromatic heterocycles. The first-order valence-corrected chi connectivity index (χ1v) is 7.85. The molecule has 0 saturated heterocycles. The van der Waals surface area contributed by atoms with Gasteiger partial charge in [-0.3, -0.25) is 4.79 Å². The van der Waals surface area contributed by atoms with E-state index in [-0.39, 0.29) is 5.91 Å². The Morgan fingerprint density at radius 2 is 2.05 bits per heavy atom. The zero-order chi connectivity index (χ0) is 15.2. The zero-order valence-electron chi connectivity index (χ0n) is 13.4. The number of amides is 1. The number of hydrogen-bond acceptors (Lipinski definition) is 3. The minimum atomic E-state index is 0.116. The van der Waals surface area contributed by atoms with Crippen LogP contribution in [-0.4, -0.2) is 32.1 Å². The molecule has 1 saturated carbocycles. The number of carbonyl (C=O) groups is 1. The molecule has 0 spiro atoms. The normalized spacial score (nSPS) is 14.3. The SMILES string of the molecule is CC(C)CNCc1ccccc1N(C)CC(=O)NC1CC1. The average molecular weight is 289 g/mol. The molecule has 0 bridgehead atoms. The van der Waals surface area contributed by atoms with Crippen LogP contribution in [0.3, 0.4) is 0 Å². The van der Waals surface area contributed by atoms with Crippen molar-refractivity contribution in [3.05, 3.63) is 29.8 Å². The van der Waals surface area contributed by atoms with Gasteiger partial charge in [-0.15, -0.1) is 0 Å². The molecule has 0 unspecified atom stereocenters. The molecule has 116 valence electrons. The van der Waals surface area contributed by atoms with Gasteiger partial charge in [-0.1, -0.05) is 32.0 Å². The highest BCUT2D eigenvalue weighted by Crippen LogP contribution is 2.20. The third-order valence-corrected chi connectivity index (χ3v) is 3.59. The van der Waals surface area contributed by atoms with Gasteiger partial charge in [0, 0.05) is 25.3 Å². The Labute approximate surface area is 127 Å². The van der Waals surface area contributed by atoms with Crippen molar-refractivity contribution in [1.29, 1.82) is 0 Å². The maximum absolute atomic E-state index is 11.9. The lowest BCUT2D eigenvalue weighted by Crippen LogP contribution is -2.36. The molecule has 4 nitrogen and oxygen atoms in total.